The van der Waals surface area contributed by atoms with Crippen molar-refractivity contribution in [2.24, 2.45) is 0 Å². The lowest BCUT2D eigenvalue weighted by molar-refractivity contribution is -0.143. The van der Waals surface area contributed by atoms with Gasteiger partial charge in [0.05, 0.1) is 6.61 Å². The Bertz CT molecular complexity index is 401. The van der Waals surface area contributed by atoms with E-state index in [1.165, 1.54) is 0 Å². The molecule has 0 spiro atoms. The Hall–Kier alpha value is -1.30. The molecule has 0 amide bonds. The van der Waals surface area contributed by atoms with Gasteiger partial charge in [0.2, 0.25) is 0 Å². The van der Waals surface area contributed by atoms with Crippen molar-refractivity contribution in [2.75, 3.05) is 11.9 Å². The van der Waals surface area contributed by atoms with Crippen LogP contribution in [0.3, 0.4) is 0 Å². The molecule has 1 aromatic rings. The highest BCUT2D eigenvalue weighted by Gasteiger charge is 2.16. The SMILES string of the molecule is CCOC(=O)C(C)Nc1ccccc1SC(F)F. The fourth-order valence-electron chi connectivity index (χ4n) is 1.34. The van der Waals surface area contributed by atoms with Crippen LogP contribution >= 0.6 is 11.8 Å². The Labute approximate surface area is 109 Å². The highest BCUT2D eigenvalue weighted by atomic mass is 32.2. The number of carbonyl (C=O) groups is 1. The van der Waals surface area contributed by atoms with Crippen molar-refractivity contribution < 1.29 is 18.3 Å². The number of benzene rings is 1. The number of para-hydroxylation sites is 1. The number of alkyl halides is 2. The lowest BCUT2D eigenvalue weighted by Crippen LogP contribution is -2.28. The van der Waals surface area contributed by atoms with Crippen LogP contribution in [0.2, 0.25) is 0 Å². The van der Waals surface area contributed by atoms with E-state index in [1.54, 1.807) is 38.1 Å². The second-order valence-electron chi connectivity index (χ2n) is 3.49. The number of thioether (sulfide) groups is 1. The zero-order chi connectivity index (χ0) is 13.5. The molecule has 100 valence electrons. The van der Waals surface area contributed by atoms with Crippen LogP contribution in [0.1, 0.15) is 13.8 Å². The minimum absolute atomic E-state index is 0.290. The van der Waals surface area contributed by atoms with E-state index in [2.05, 4.69) is 5.32 Å². The number of ether oxygens (including phenoxy) is 1. The molecular weight excluding hydrogens is 260 g/mol. The average Bonchev–Trinajstić information content (AvgIpc) is 2.31. The van der Waals surface area contributed by atoms with Gasteiger partial charge in [0, 0.05) is 10.6 Å². The van der Waals surface area contributed by atoms with Crippen molar-refractivity contribution in [3.8, 4) is 0 Å². The Morgan fingerprint density at radius 3 is 2.72 bits per heavy atom. The standard InChI is InChI=1S/C12H15F2NO2S/c1-3-17-11(16)8(2)15-9-6-4-5-7-10(9)18-12(13)14/h4-8,12,15H,3H2,1-2H3. The number of halogens is 2. The van der Waals surface area contributed by atoms with Crippen molar-refractivity contribution in [3.63, 3.8) is 0 Å². The molecule has 0 saturated carbocycles. The predicted octanol–water partition coefficient (Wildman–Crippen LogP) is 3.36. The Kier molecular flexibility index (Phi) is 5.91. The summed E-state index contributed by atoms with van der Waals surface area (Å²) in [6.07, 6.45) is 0. The van der Waals surface area contributed by atoms with Gasteiger partial charge in [0.1, 0.15) is 6.04 Å². The van der Waals surface area contributed by atoms with Crippen molar-refractivity contribution in [3.05, 3.63) is 24.3 Å². The molecule has 0 fully saturated rings. The van der Waals surface area contributed by atoms with Crippen LogP contribution < -0.4 is 5.32 Å². The quantitative estimate of drug-likeness (QED) is 0.638. The van der Waals surface area contributed by atoms with Crippen LogP contribution in [0.5, 0.6) is 0 Å². The van der Waals surface area contributed by atoms with Gasteiger partial charge >= 0.3 is 5.97 Å². The number of anilines is 1. The summed E-state index contributed by atoms with van der Waals surface area (Å²) >= 11 is 0.444. The predicted molar refractivity (Wildman–Crippen MR) is 68.0 cm³/mol. The van der Waals surface area contributed by atoms with Gasteiger partial charge in [-0.2, -0.15) is 8.78 Å². The van der Waals surface area contributed by atoms with Gasteiger partial charge in [-0.15, -0.1) is 0 Å². The minimum atomic E-state index is -2.49. The number of hydrogen-bond donors (Lipinski definition) is 1. The number of hydrogen-bond acceptors (Lipinski definition) is 4. The molecule has 0 saturated heterocycles. The molecule has 0 heterocycles. The summed E-state index contributed by atoms with van der Waals surface area (Å²) in [5.74, 6) is -2.90. The maximum atomic E-state index is 12.4. The molecule has 1 aromatic carbocycles. The summed E-state index contributed by atoms with van der Waals surface area (Å²) in [5, 5.41) is 2.87. The highest BCUT2D eigenvalue weighted by molar-refractivity contribution is 7.99. The molecule has 18 heavy (non-hydrogen) atoms. The number of rotatable bonds is 6. The summed E-state index contributed by atoms with van der Waals surface area (Å²) < 4.78 is 29.6. The molecule has 1 N–H and O–H groups in total. The highest BCUT2D eigenvalue weighted by Crippen LogP contribution is 2.31. The van der Waals surface area contributed by atoms with E-state index in [9.17, 15) is 13.6 Å². The smallest absolute Gasteiger partial charge is 0.328 e. The summed E-state index contributed by atoms with van der Waals surface area (Å²) in [7, 11) is 0. The van der Waals surface area contributed by atoms with Gasteiger partial charge in [-0.3, -0.25) is 0 Å². The van der Waals surface area contributed by atoms with E-state index in [0.29, 0.717) is 22.3 Å². The first-order chi connectivity index (χ1) is 8.54. The van der Waals surface area contributed by atoms with E-state index in [4.69, 9.17) is 4.74 Å². The maximum absolute atomic E-state index is 12.4. The number of esters is 1. The fourth-order valence-corrected chi connectivity index (χ4v) is 1.95. The lowest BCUT2D eigenvalue weighted by atomic mass is 10.2. The molecular formula is C12H15F2NO2S. The number of nitrogens with one attached hydrogen (secondary N) is 1. The molecule has 1 rings (SSSR count). The van der Waals surface area contributed by atoms with Gasteiger partial charge in [0.15, 0.2) is 0 Å². The van der Waals surface area contributed by atoms with E-state index >= 15 is 0 Å². The van der Waals surface area contributed by atoms with Crippen LogP contribution in [0, 0.1) is 0 Å². The Morgan fingerprint density at radius 2 is 2.11 bits per heavy atom. The molecule has 0 aliphatic heterocycles. The maximum Gasteiger partial charge on any atom is 0.328 e. The monoisotopic (exact) mass is 275 g/mol. The van der Waals surface area contributed by atoms with Gasteiger partial charge < -0.3 is 10.1 Å². The average molecular weight is 275 g/mol. The topological polar surface area (TPSA) is 38.3 Å². The van der Waals surface area contributed by atoms with Crippen molar-refractivity contribution >= 4 is 23.4 Å². The van der Waals surface area contributed by atoms with E-state index in [-0.39, 0.29) is 6.61 Å². The fraction of sp³-hybridized carbons (Fsp3) is 0.417. The zero-order valence-corrected chi connectivity index (χ0v) is 11.0. The van der Waals surface area contributed by atoms with Crippen LogP contribution in [-0.4, -0.2) is 24.4 Å². The molecule has 0 radical (unpaired) electrons. The third kappa shape index (κ3) is 4.52. The molecule has 3 nitrogen and oxygen atoms in total. The van der Waals surface area contributed by atoms with E-state index in [0.717, 1.165) is 0 Å². The molecule has 0 aliphatic carbocycles. The van der Waals surface area contributed by atoms with Crippen LogP contribution in [0.4, 0.5) is 14.5 Å². The third-order valence-corrected chi connectivity index (χ3v) is 2.90. The van der Waals surface area contributed by atoms with Crippen molar-refractivity contribution in [1.29, 1.82) is 0 Å². The second kappa shape index (κ2) is 7.20. The first kappa shape index (κ1) is 14.8. The molecule has 1 atom stereocenters. The molecule has 6 heteroatoms. The van der Waals surface area contributed by atoms with Gasteiger partial charge in [-0.25, -0.2) is 4.79 Å². The van der Waals surface area contributed by atoms with E-state index < -0.39 is 17.8 Å². The molecule has 0 bridgehead atoms. The summed E-state index contributed by atoms with van der Waals surface area (Å²) in [6, 6.07) is 6.04. The first-order valence-corrected chi connectivity index (χ1v) is 6.39. The Balaban J connectivity index is 2.74. The lowest BCUT2D eigenvalue weighted by Gasteiger charge is -2.16. The van der Waals surface area contributed by atoms with Crippen LogP contribution in [-0.2, 0) is 9.53 Å². The van der Waals surface area contributed by atoms with Gasteiger partial charge in [-0.1, -0.05) is 23.9 Å². The molecule has 0 aromatic heterocycles. The largest absolute Gasteiger partial charge is 0.464 e. The van der Waals surface area contributed by atoms with Crippen LogP contribution in [0.25, 0.3) is 0 Å². The zero-order valence-electron chi connectivity index (χ0n) is 10.2. The molecule has 1 unspecified atom stereocenters. The third-order valence-electron chi connectivity index (χ3n) is 2.12. The summed E-state index contributed by atoms with van der Waals surface area (Å²) in [6.45, 7) is 3.63. The Morgan fingerprint density at radius 1 is 1.44 bits per heavy atom. The van der Waals surface area contributed by atoms with Crippen LogP contribution in [0.15, 0.2) is 29.2 Å². The van der Waals surface area contributed by atoms with Gasteiger partial charge in [0.25, 0.3) is 5.76 Å². The number of carbonyl (C=O) groups excluding carboxylic acids is 1. The molecule has 0 aliphatic rings. The van der Waals surface area contributed by atoms with E-state index in [1.807, 2.05) is 0 Å². The minimum Gasteiger partial charge on any atom is -0.464 e. The normalized spacial score (nSPS) is 12.3. The first-order valence-electron chi connectivity index (χ1n) is 5.51. The van der Waals surface area contributed by atoms with Crippen molar-refractivity contribution in [2.45, 2.75) is 30.5 Å². The van der Waals surface area contributed by atoms with Gasteiger partial charge in [-0.05, 0) is 26.0 Å². The summed E-state index contributed by atoms with van der Waals surface area (Å²) in [4.78, 5) is 11.8. The second-order valence-corrected chi connectivity index (χ2v) is 4.52. The van der Waals surface area contributed by atoms with Crippen molar-refractivity contribution in [1.82, 2.24) is 0 Å². The summed E-state index contributed by atoms with van der Waals surface area (Å²) in [5.41, 5.74) is 0.503.